The van der Waals surface area contributed by atoms with Crippen molar-refractivity contribution < 1.29 is 19.7 Å². The van der Waals surface area contributed by atoms with Crippen molar-refractivity contribution in [1.29, 1.82) is 0 Å². The Bertz CT molecular complexity index is 1440. The van der Waals surface area contributed by atoms with Crippen LogP contribution in [0.3, 0.4) is 0 Å². The van der Waals surface area contributed by atoms with Gasteiger partial charge in [-0.2, -0.15) is 0 Å². The van der Waals surface area contributed by atoms with Crippen molar-refractivity contribution >= 4 is 0 Å². The van der Waals surface area contributed by atoms with E-state index < -0.39 is 0 Å². The summed E-state index contributed by atoms with van der Waals surface area (Å²) in [6, 6.07) is 24.5. The van der Waals surface area contributed by atoms with Gasteiger partial charge in [-0.3, -0.25) is 0 Å². The maximum absolute atomic E-state index is 11.0. The molecule has 43 heavy (non-hydrogen) atoms. The molecule has 228 valence electrons. The summed E-state index contributed by atoms with van der Waals surface area (Å²) in [6.45, 7) is 18.0. The minimum atomic E-state index is -0.126. The topological polar surface area (TPSA) is 58.9 Å². The van der Waals surface area contributed by atoms with Crippen LogP contribution >= 0.6 is 0 Å². The van der Waals surface area contributed by atoms with Crippen LogP contribution in [-0.2, 0) is 23.7 Å². The Labute approximate surface area is 258 Å². The van der Waals surface area contributed by atoms with E-state index in [2.05, 4.69) is 104 Å². The van der Waals surface area contributed by atoms with Gasteiger partial charge in [0.1, 0.15) is 23.0 Å². The zero-order chi connectivity index (χ0) is 31.4. The van der Waals surface area contributed by atoms with Crippen LogP contribution in [0.15, 0.2) is 72.8 Å². The van der Waals surface area contributed by atoms with Crippen LogP contribution < -0.4 is 9.47 Å². The van der Waals surface area contributed by atoms with Crippen LogP contribution in [0.4, 0.5) is 0 Å². The number of phenols is 2. The maximum Gasteiger partial charge on any atom is 0.122 e. The molecule has 0 aliphatic heterocycles. The summed E-state index contributed by atoms with van der Waals surface area (Å²) in [7, 11) is 0. The first-order valence-corrected chi connectivity index (χ1v) is 15.3. The lowest BCUT2D eigenvalue weighted by atomic mass is 9.83. The summed E-state index contributed by atoms with van der Waals surface area (Å²) in [6.07, 6.45) is 2.03. The third-order valence-electron chi connectivity index (χ3n) is 7.69. The summed E-state index contributed by atoms with van der Waals surface area (Å²) in [5, 5.41) is 21.9. The zero-order valence-corrected chi connectivity index (χ0v) is 27.2. The van der Waals surface area contributed by atoms with Gasteiger partial charge in [-0.15, -0.1) is 0 Å². The number of aromatic hydroxyl groups is 2. The van der Waals surface area contributed by atoms with Gasteiger partial charge in [0.25, 0.3) is 0 Å². The van der Waals surface area contributed by atoms with Gasteiger partial charge in [-0.25, -0.2) is 0 Å². The third-order valence-corrected chi connectivity index (χ3v) is 7.69. The second-order valence-corrected chi connectivity index (χ2v) is 13.8. The van der Waals surface area contributed by atoms with Crippen molar-refractivity contribution in [3.05, 3.63) is 117 Å². The first kappa shape index (κ1) is 32.0. The van der Waals surface area contributed by atoms with Gasteiger partial charge in [0, 0.05) is 19.3 Å². The Balaban J connectivity index is 1.31. The number of aryl methyl sites for hydroxylation is 2. The number of benzene rings is 4. The SMILES string of the molecule is Cc1cc(Cc2cccc(OCCCOc3cccc(Cc4cc(C)cc(C(C)(C)C)c4O)c3)c2)c(O)c(C(C)(C)C)c1. The summed E-state index contributed by atoms with van der Waals surface area (Å²) in [5.41, 5.74) is 8.07. The van der Waals surface area contributed by atoms with E-state index in [4.69, 9.17) is 9.47 Å². The van der Waals surface area contributed by atoms with E-state index in [1.165, 1.54) is 0 Å². The van der Waals surface area contributed by atoms with Gasteiger partial charge in [0.05, 0.1) is 13.2 Å². The minimum Gasteiger partial charge on any atom is -0.507 e. The van der Waals surface area contributed by atoms with E-state index in [0.29, 0.717) is 37.6 Å². The average Bonchev–Trinajstić information content (AvgIpc) is 2.91. The van der Waals surface area contributed by atoms with Crippen molar-refractivity contribution in [1.82, 2.24) is 0 Å². The summed E-state index contributed by atoms with van der Waals surface area (Å²) >= 11 is 0. The molecule has 4 rings (SSSR count). The third kappa shape index (κ3) is 8.56. The molecule has 4 aromatic rings. The molecule has 0 radical (unpaired) electrons. The van der Waals surface area contributed by atoms with Crippen molar-refractivity contribution in [2.75, 3.05) is 13.2 Å². The minimum absolute atomic E-state index is 0.126. The Kier molecular flexibility index (Phi) is 9.79. The number of rotatable bonds is 10. The van der Waals surface area contributed by atoms with Gasteiger partial charge in [-0.1, -0.05) is 101 Å². The summed E-state index contributed by atoms with van der Waals surface area (Å²) in [4.78, 5) is 0. The molecule has 0 atom stereocenters. The number of ether oxygens (including phenoxy) is 2. The molecule has 0 aromatic heterocycles. The molecule has 0 bridgehead atoms. The molecule has 0 fully saturated rings. The predicted octanol–water partition coefficient (Wildman–Crippen LogP) is 9.34. The molecule has 0 amide bonds. The second-order valence-electron chi connectivity index (χ2n) is 13.8. The van der Waals surface area contributed by atoms with Crippen LogP contribution in [0.5, 0.6) is 23.0 Å². The van der Waals surface area contributed by atoms with Crippen LogP contribution in [-0.4, -0.2) is 23.4 Å². The number of phenolic OH excluding ortho intramolecular Hbond substituents is 2. The Morgan fingerprint density at radius 3 is 1.33 bits per heavy atom. The van der Waals surface area contributed by atoms with Crippen molar-refractivity contribution in [2.24, 2.45) is 0 Å². The van der Waals surface area contributed by atoms with Crippen LogP contribution in [0.25, 0.3) is 0 Å². The van der Waals surface area contributed by atoms with E-state index in [-0.39, 0.29) is 10.8 Å². The fourth-order valence-electron chi connectivity index (χ4n) is 5.49. The molecule has 0 aliphatic carbocycles. The van der Waals surface area contributed by atoms with Crippen LogP contribution in [0.1, 0.15) is 92.5 Å². The van der Waals surface area contributed by atoms with Gasteiger partial charge in [-0.05, 0) is 82.3 Å². The lowest BCUT2D eigenvalue weighted by Crippen LogP contribution is -2.12. The van der Waals surface area contributed by atoms with Crippen molar-refractivity contribution in [3.8, 4) is 23.0 Å². The van der Waals surface area contributed by atoms with E-state index in [1.807, 2.05) is 24.3 Å². The molecule has 0 heterocycles. The molecule has 0 spiro atoms. The van der Waals surface area contributed by atoms with Crippen molar-refractivity contribution in [3.63, 3.8) is 0 Å². The quantitative estimate of drug-likeness (QED) is 0.184. The maximum atomic E-state index is 11.0. The highest BCUT2D eigenvalue weighted by Gasteiger charge is 2.22. The van der Waals surface area contributed by atoms with E-state index in [9.17, 15) is 10.2 Å². The lowest BCUT2D eigenvalue weighted by molar-refractivity contribution is 0.247. The standard InChI is InChI=1S/C39H48O4/c1-26-18-30(36(40)34(20-26)38(3,4)5)22-28-12-9-14-32(24-28)42-16-11-17-43-33-15-10-13-29(25-33)23-31-19-27(2)21-35(37(31)41)39(6,7)8/h9-10,12-15,18-21,24-25,40-41H,11,16-17,22-23H2,1-8H3. The molecular weight excluding hydrogens is 532 g/mol. The Hall–Kier alpha value is -3.92. The molecule has 0 unspecified atom stereocenters. The summed E-state index contributed by atoms with van der Waals surface area (Å²) in [5.74, 6) is 2.40. The van der Waals surface area contributed by atoms with E-state index in [0.717, 1.165) is 62.4 Å². The van der Waals surface area contributed by atoms with E-state index in [1.54, 1.807) is 0 Å². The molecular formula is C39H48O4. The average molecular weight is 581 g/mol. The highest BCUT2D eigenvalue weighted by Crippen LogP contribution is 2.37. The molecule has 4 aromatic carbocycles. The monoisotopic (exact) mass is 580 g/mol. The fraction of sp³-hybridized carbons (Fsp3) is 0.385. The first-order valence-electron chi connectivity index (χ1n) is 15.3. The zero-order valence-electron chi connectivity index (χ0n) is 27.2. The molecule has 0 aliphatic rings. The van der Waals surface area contributed by atoms with Crippen molar-refractivity contribution in [2.45, 2.75) is 85.5 Å². The number of hydrogen-bond donors (Lipinski definition) is 2. The molecule has 4 nitrogen and oxygen atoms in total. The molecule has 2 N–H and O–H groups in total. The van der Waals surface area contributed by atoms with Gasteiger partial charge in [0.2, 0.25) is 0 Å². The predicted molar refractivity (Wildman–Crippen MR) is 177 cm³/mol. The van der Waals surface area contributed by atoms with Crippen LogP contribution in [0.2, 0.25) is 0 Å². The smallest absolute Gasteiger partial charge is 0.122 e. The van der Waals surface area contributed by atoms with Gasteiger partial charge >= 0.3 is 0 Å². The second kappa shape index (κ2) is 13.2. The van der Waals surface area contributed by atoms with Gasteiger partial charge in [0.15, 0.2) is 0 Å². The van der Waals surface area contributed by atoms with Crippen LogP contribution in [0, 0.1) is 13.8 Å². The fourth-order valence-corrected chi connectivity index (χ4v) is 5.49. The first-order chi connectivity index (χ1) is 20.2. The highest BCUT2D eigenvalue weighted by molar-refractivity contribution is 5.50. The largest absolute Gasteiger partial charge is 0.507 e. The van der Waals surface area contributed by atoms with E-state index >= 15 is 0 Å². The molecule has 4 heteroatoms. The highest BCUT2D eigenvalue weighted by atomic mass is 16.5. The molecule has 0 saturated heterocycles. The van der Waals surface area contributed by atoms with Gasteiger partial charge < -0.3 is 19.7 Å². The summed E-state index contributed by atoms with van der Waals surface area (Å²) < 4.78 is 12.1. The Morgan fingerprint density at radius 2 is 0.953 bits per heavy atom. The molecule has 0 saturated carbocycles. The Morgan fingerprint density at radius 1 is 0.558 bits per heavy atom. The number of hydrogen-bond acceptors (Lipinski definition) is 4. The lowest BCUT2D eigenvalue weighted by Gasteiger charge is -2.23. The normalized spacial score (nSPS) is 11.9.